The van der Waals surface area contributed by atoms with Crippen LogP contribution in [0, 0.1) is 23.4 Å². The summed E-state index contributed by atoms with van der Waals surface area (Å²) in [5, 5.41) is 5.39. The van der Waals surface area contributed by atoms with E-state index in [-0.39, 0.29) is 13.2 Å². The molecule has 1 aromatic carbocycles. The van der Waals surface area contributed by atoms with Gasteiger partial charge in [0.05, 0.1) is 30.4 Å². The Hall–Kier alpha value is -2.92. The van der Waals surface area contributed by atoms with Crippen LogP contribution in [0.1, 0.15) is 48.0 Å². The van der Waals surface area contributed by atoms with Gasteiger partial charge in [-0.05, 0) is 63.8 Å². The highest BCUT2D eigenvalue weighted by Crippen LogP contribution is 2.40. The van der Waals surface area contributed by atoms with Crippen molar-refractivity contribution in [2.75, 3.05) is 30.8 Å². The van der Waals surface area contributed by atoms with Gasteiger partial charge in [0.15, 0.2) is 17.5 Å². The zero-order chi connectivity index (χ0) is 25.9. The Morgan fingerprint density at radius 1 is 1.20 bits per heavy atom. The van der Waals surface area contributed by atoms with E-state index in [9.17, 15) is 27.6 Å². The maximum atomic E-state index is 13.8. The van der Waals surface area contributed by atoms with Crippen molar-refractivity contribution >= 4 is 39.8 Å². The maximum absolute atomic E-state index is 13.8. The SMILES string of the molecule is CCOC(=O)c1c(NC(=O)[C@@H](C)N(C)CC(=O)Nc2ccc(F)c(F)c2F)sc2c1CC[C@H](C)C2. The summed E-state index contributed by atoms with van der Waals surface area (Å²) in [6.07, 6.45) is 2.49. The Morgan fingerprint density at radius 2 is 1.91 bits per heavy atom. The number of nitrogens with one attached hydrogen (secondary N) is 2. The molecule has 0 bridgehead atoms. The number of hydrogen-bond donors (Lipinski definition) is 2. The largest absolute Gasteiger partial charge is 0.462 e. The van der Waals surface area contributed by atoms with Crippen molar-refractivity contribution in [3.63, 3.8) is 0 Å². The summed E-state index contributed by atoms with van der Waals surface area (Å²) in [6, 6.07) is 0.817. The van der Waals surface area contributed by atoms with Crippen LogP contribution in [0.4, 0.5) is 23.9 Å². The van der Waals surface area contributed by atoms with Crippen LogP contribution in [0.5, 0.6) is 0 Å². The average Bonchev–Trinajstić information content (AvgIpc) is 3.15. The molecule has 2 aromatic rings. The van der Waals surface area contributed by atoms with E-state index in [0.717, 1.165) is 35.8 Å². The van der Waals surface area contributed by atoms with E-state index in [1.54, 1.807) is 13.8 Å². The molecular weight excluding hydrogens is 483 g/mol. The molecule has 0 saturated heterocycles. The van der Waals surface area contributed by atoms with Crippen molar-refractivity contribution in [3.8, 4) is 0 Å². The third-order valence-corrected chi connectivity index (χ3v) is 7.14. The number of thiophene rings is 1. The van der Waals surface area contributed by atoms with E-state index in [1.165, 1.54) is 23.3 Å². The first-order valence-electron chi connectivity index (χ1n) is 11.3. The van der Waals surface area contributed by atoms with Crippen molar-refractivity contribution in [1.29, 1.82) is 0 Å². The number of hydrogen-bond acceptors (Lipinski definition) is 6. The Bertz CT molecular complexity index is 1140. The molecule has 0 spiro atoms. The van der Waals surface area contributed by atoms with E-state index in [4.69, 9.17) is 4.74 Å². The fraction of sp³-hybridized carbons (Fsp3) is 0.458. The van der Waals surface area contributed by atoms with E-state index in [2.05, 4.69) is 17.6 Å². The quantitative estimate of drug-likeness (QED) is 0.406. The fourth-order valence-electron chi connectivity index (χ4n) is 3.85. The number of carbonyl (C=O) groups excluding carboxylic acids is 3. The van der Waals surface area contributed by atoms with Gasteiger partial charge >= 0.3 is 5.97 Å². The summed E-state index contributed by atoms with van der Waals surface area (Å²) < 4.78 is 45.5. The van der Waals surface area contributed by atoms with Crippen LogP contribution in [-0.4, -0.2) is 48.9 Å². The summed E-state index contributed by atoms with van der Waals surface area (Å²) in [4.78, 5) is 40.4. The van der Waals surface area contributed by atoms with E-state index in [1.807, 2.05) is 0 Å². The number of rotatable bonds is 8. The molecule has 0 unspecified atom stereocenters. The summed E-state index contributed by atoms with van der Waals surface area (Å²) in [5.41, 5.74) is 0.793. The normalized spacial score (nSPS) is 15.9. The standard InChI is InChI=1S/C24H28F3N3O4S/c1-5-34-24(33)19-14-7-6-12(2)10-17(14)35-23(19)29-22(32)13(3)30(4)11-18(31)28-16-9-8-15(25)20(26)21(16)27/h8-9,12-13H,5-7,10-11H2,1-4H3,(H,28,31)(H,29,32)/t12-,13+/m0/s1. The minimum Gasteiger partial charge on any atom is -0.462 e. The van der Waals surface area contributed by atoms with Crippen molar-refractivity contribution in [1.82, 2.24) is 4.90 Å². The summed E-state index contributed by atoms with van der Waals surface area (Å²) in [7, 11) is 1.51. The van der Waals surface area contributed by atoms with Crippen molar-refractivity contribution < 1.29 is 32.3 Å². The van der Waals surface area contributed by atoms with Gasteiger partial charge in [0, 0.05) is 4.88 Å². The number of carbonyl (C=O) groups is 3. The van der Waals surface area contributed by atoms with Gasteiger partial charge in [-0.2, -0.15) is 0 Å². The summed E-state index contributed by atoms with van der Waals surface area (Å²) in [6.45, 7) is 5.31. The van der Waals surface area contributed by atoms with E-state index in [0.29, 0.717) is 22.5 Å². The van der Waals surface area contributed by atoms with Crippen LogP contribution < -0.4 is 10.6 Å². The minimum atomic E-state index is -1.69. The topological polar surface area (TPSA) is 87.7 Å². The number of nitrogens with zero attached hydrogens (tertiary/aromatic N) is 1. The third-order valence-electron chi connectivity index (χ3n) is 5.97. The number of esters is 1. The zero-order valence-electron chi connectivity index (χ0n) is 20.0. The second kappa shape index (κ2) is 11.2. The molecule has 2 N–H and O–H groups in total. The molecule has 1 heterocycles. The van der Waals surface area contributed by atoms with Crippen LogP contribution >= 0.6 is 11.3 Å². The molecule has 2 amide bonds. The first kappa shape index (κ1) is 26.7. The Morgan fingerprint density at radius 3 is 2.60 bits per heavy atom. The van der Waals surface area contributed by atoms with Gasteiger partial charge in [0.1, 0.15) is 5.00 Å². The molecule has 0 saturated carbocycles. The predicted octanol–water partition coefficient (Wildman–Crippen LogP) is 4.36. The van der Waals surface area contributed by atoms with E-state index >= 15 is 0 Å². The van der Waals surface area contributed by atoms with Gasteiger partial charge in [0.2, 0.25) is 11.8 Å². The number of likely N-dealkylation sites (N-methyl/N-ethyl adjacent to an activating group) is 1. The minimum absolute atomic E-state index is 0.208. The summed E-state index contributed by atoms with van der Waals surface area (Å²) >= 11 is 1.36. The first-order chi connectivity index (χ1) is 16.5. The number of amides is 2. The lowest BCUT2D eigenvalue weighted by atomic mass is 9.88. The Labute approximate surface area is 205 Å². The van der Waals surface area contributed by atoms with E-state index < -0.39 is 47.0 Å². The molecule has 1 aliphatic rings. The van der Waals surface area contributed by atoms with Gasteiger partial charge < -0.3 is 15.4 Å². The van der Waals surface area contributed by atoms with Gasteiger partial charge in [-0.3, -0.25) is 14.5 Å². The maximum Gasteiger partial charge on any atom is 0.341 e. The molecule has 35 heavy (non-hydrogen) atoms. The lowest BCUT2D eigenvalue weighted by Crippen LogP contribution is -2.43. The van der Waals surface area contributed by atoms with Crippen LogP contribution in [0.3, 0.4) is 0 Å². The molecule has 1 aliphatic carbocycles. The molecule has 7 nitrogen and oxygen atoms in total. The summed E-state index contributed by atoms with van der Waals surface area (Å²) in [5.74, 6) is -5.73. The molecular formula is C24H28F3N3O4S. The number of halogens is 3. The molecule has 0 fully saturated rings. The molecule has 1 aromatic heterocycles. The lowest BCUT2D eigenvalue weighted by molar-refractivity contribution is -0.122. The highest BCUT2D eigenvalue weighted by atomic mass is 32.1. The monoisotopic (exact) mass is 511 g/mol. The van der Waals surface area contributed by atoms with Gasteiger partial charge in [0.25, 0.3) is 0 Å². The lowest BCUT2D eigenvalue weighted by Gasteiger charge is -2.23. The van der Waals surface area contributed by atoms with Gasteiger partial charge in [-0.25, -0.2) is 18.0 Å². The highest BCUT2D eigenvalue weighted by molar-refractivity contribution is 7.17. The third kappa shape index (κ3) is 6.02. The molecule has 0 aliphatic heterocycles. The molecule has 3 rings (SSSR count). The molecule has 190 valence electrons. The fourth-order valence-corrected chi connectivity index (χ4v) is 5.25. The Kier molecular flexibility index (Phi) is 8.55. The van der Waals surface area contributed by atoms with Gasteiger partial charge in [-0.1, -0.05) is 6.92 Å². The molecule has 2 atom stereocenters. The number of anilines is 2. The zero-order valence-corrected chi connectivity index (χ0v) is 20.8. The van der Waals surface area contributed by atoms with Gasteiger partial charge in [-0.15, -0.1) is 11.3 Å². The smallest absolute Gasteiger partial charge is 0.341 e. The highest BCUT2D eigenvalue weighted by Gasteiger charge is 2.30. The number of fused-ring (bicyclic) bond motifs is 1. The molecule has 11 heteroatoms. The first-order valence-corrected chi connectivity index (χ1v) is 12.1. The van der Waals surface area contributed by atoms with Crippen LogP contribution in [0.25, 0.3) is 0 Å². The number of ether oxygens (including phenoxy) is 1. The van der Waals surface area contributed by atoms with Crippen molar-refractivity contribution in [2.45, 2.75) is 46.1 Å². The molecule has 0 radical (unpaired) electrons. The Balaban J connectivity index is 1.69. The predicted molar refractivity (Wildman–Crippen MR) is 127 cm³/mol. The van der Waals surface area contributed by atoms with Crippen LogP contribution in [-0.2, 0) is 27.2 Å². The second-order valence-electron chi connectivity index (χ2n) is 8.63. The number of benzene rings is 1. The van der Waals surface area contributed by atoms with Crippen LogP contribution in [0.15, 0.2) is 12.1 Å². The van der Waals surface area contributed by atoms with Crippen molar-refractivity contribution in [2.24, 2.45) is 5.92 Å². The van der Waals surface area contributed by atoms with Crippen LogP contribution in [0.2, 0.25) is 0 Å². The van der Waals surface area contributed by atoms with Crippen molar-refractivity contribution in [3.05, 3.63) is 45.6 Å². The second-order valence-corrected chi connectivity index (χ2v) is 9.73. The average molecular weight is 512 g/mol.